The molecule has 0 radical (unpaired) electrons. The number of ether oxygens (including phenoxy) is 1. The molecule has 1 fully saturated rings. The third-order valence-electron chi connectivity index (χ3n) is 4.20. The first kappa shape index (κ1) is 14.1. The van der Waals surface area contributed by atoms with Crippen molar-refractivity contribution in [1.82, 2.24) is 5.32 Å². The Balaban J connectivity index is 2.35. The summed E-state index contributed by atoms with van der Waals surface area (Å²) < 4.78 is 5.33. The molecule has 1 aromatic carbocycles. The molecule has 0 spiro atoms. The number of hydrogen-bond donors (Lipinski definition) is 1. The summed E-state index contributed by atoms with van der Waals surface area (Å²) >= 11 is 0. The van der Waals surface area contributed by atoms with Crippen LogP contribution in [0.2, 0.25) is 0 Å². The van der Waals surface area contributed by atoms with E-state index in [1.807, 2.05) is 32.2 Å². The number of rotatable bonds is 4. The van der Waals surface area contributed by atoms with Crippen molar-refractivity contribution in [3.63, 3.8) is 0 Å². The predicted octanol–water partition coefficient (Wildman–Crippen LogP) is 2.87. The maximum Gasteiger partial charge on any atom is 0.326 e. The van der Waals surface area contributed by atoms with E-state index in [4.69, 9.17) is 4.74 Å². The van der Waals surface area contributed by atoms with Crippen molar-refractivity contribution in [2.24, 2.45) is 0 Å². The molecule has 2 unspecified atom stereocenters. The van der Waals surface area contributed by atoms with Gasteiger partial charge in [0.05, 0.1) is 6.61 Å². The summed E-state index contributed by atoms with van der Waals surface area (Å²) in [5, 5.41) is 3.28. The van der Waals surface area contributed by atoms with Crippen molar-refractivity contribution in [3.8, 4) is 0 Å². The third-order valence-corrected chi connectivity index (χ3v) is 4.20. The minimum atomic E-state index is -0.560. The Labute approximate surface area is 115 Å². The molecule has 1 aliphatic rings. The fourth-order valence-corrected chi connectivity index (χ4v) is 3.21. The molecule has 0 aromatic heterocycles. The molecule has 0 heterocycles. The number of benzene rings is 1. The third kappa shape index (κ3) is 2.66. The summed E-state index contributed by atoms with van der Waals surface area (Å²) in [6.07, 6.45) is 4.12. The Morgan fingerprint density at radius 1 is 1.37 bits per heavy atom. The van der Waals surface area contributed by atoms with Crippen molar-refractivity contribution in [2.75, 3.05) is 13.7 Å². The van der Waals surface area contributed by atoms with Crippen LogP contribution in [0.3, 0.4) is 0 Å². The number of carbonyl (C=O) groups excluding carboxylic acids is 1. The van der Waals surface area contributed by atoms with Crippen LogP contribution in [-0.4, -0.2) is 25.2 Å². The molecule has 0 bridgehead atoms. The van der Waals surface area contributed by atoms with Gasteiger partial charge in [0.15, 0.2) is 0 Å². The Hall–Kier alpha value is -1.35. The van der Waals surface area contributed by atoms with Crippen LogP contribution in [0, 0.1) is 0 Å². The van der Waals surface area contributed by atoms with Gasteiger partial charge in [-0.15, -0.1) is 0 Å². The summed E-state index contributed by atoms with van der Waals surface area (Å²) in [6, 6.07) is 10.3. The molecule has 0 amide bonds. The molecule has 104 valence electrons. The van der Waals surface area contributed by atoms with Gasteiger partial charge in [-0.3, -0.25) is 4.79 Å². The smallest absolute Gasteiger partial charge is 0.326 e. The van der Waals surface area contributed by atoms with E-state index in [1.54, 1.807) is 0 Å². The summed E-state index contributed by atoms with van der Waals surface area (Å²) in [4.78, 5) is 12.5. The fourth-order valence-electron chi connectivity index (χ4n) is 3.21. The zero-order valence-electron chi connectivity index (χ0n) is 11.8. The van der Waals surface area contributed by atoms with E-state index in [-0.39, 0.29) is 11.9 Å². The SMILES string of the molecule is CCOC(=O)C1(NC)CCCCC1c1ccccc1. The first-order valence-corrected chi connectivity index (χ1v) is 7.15. The van der Waals surface area contributed by atoms with Crippen molar-refractivity contribution in [2.45, 2.75) is 44.1 Å². The molecule has 2 rings (SSSR count). The zero-order chi connectivity index (χ0) is 13.7. The molecule has 1 saturated carbocycles. The first-order chi connectivity index (χ1) is 9.24. The minimum absolute atomic E-state index is 0.106. The standard InChI is InChI=1S/C16H23NO2/c1-3-19-15(18)16(17-2)12-8-7-11-14(16)13-9-5-4-6-10-13/h4-6,9-10,14,17H,3,7-8,11-12H2,1-2H3. The lowest BCUT2D eigenvalue weighted by atomic mass is 9.69. The Morgan fingerprint density at radius 2 is 2.11 bits per heavy atom. The van der Waals surface area contributed by atoms with E-state index in [1.165, 1.54) is 12.0 Å². The average molecular weight is 261 g/mol. The lowest BCUT2D eigenvalue weighted by Gasteiger charge is -2.42. The van der Waals surface area contributed by atoms with Crippen LogP contribution in [0.1, 0.15) is 44.1 Å². The van der Waals surface area contributed by atoms with Gasteiger partial charge < -0.3 is 10.1 Å². The van der Waals surface area contributed by atoms with Crippen LogP contribution in [0.4, 0.5) is 0 Å². The maximum atomic E-state index is 12.5. The van der Waals surface area contributed by atoms with Crippen LogP contribution >= 0.6 is 0 Å². The van der Waals surface area contributed by atoms with Crippen molar-refractivity contribution in [1.29, 1.82) is 0 Å². The maximum absolute atomic E-state index is 12.5. The van der Waals surface area contributed by atoms with Crippen molar-refractivity contribution < 1.29 is 9.53 Å². The first-order valence-electron chi connectivity index (χ1n) is 7.15. The second kappa shape index (κ2) is 6.20. The van der Waals surface area contributed by atoms with Crippen LogP contribution in [0.15, 0.2) is 30.3 Å². The number of hydrogen-bond acceptors (Lipinski definition) is 3. The largest absolute Gasteiger partial charge is 0.465 e. The minimum Gasteiger partial charge on any atom is -0.465 e. The average Bonchev–Trinajstić information content (AvgIpc) is 2.48. The van der Waals surface area contributed by atoms with Gasteiger partial charge in [0.2, 0.25) is 0 Å². The number of esters is 1. The van der Waals surface area contributed by atoms with E-state index in [0.29, 0.717) is 6.61 Å². The second-order valence-corrected chi connectivity index (χ2v) is 5.15. The molecule has 1 N–H and O–H groups in total. The molecule has 3 nitrogen and oxygen atoms in total. The van der Waals surface area contributed by atoms with Gasteiger partial charge in [-0.1, -0.05) is 43.2 Å². The highest BCUT2D eigenvalue weighted by Crippen LogP contribution is 2.41. The second-order valence-electron chi connectivity index (χ2n) is 5.15. The molecule has 1 aromatic rings. The van der Waals surface area contributed by atoms with E-state index in [2.05, 4.69) is 17.4 Å². The van der Waals surface area contributed by atoms with Gasteiger partial charge in [0.1, 0.15) is 5.54 Å². The molecule has 19 heavy (non-hydrogen) atoms. The van der Waals surface area contributed by atoms with E-state index >= 15 is 0 Å². The highest BCUT2D eigenvalue weighted by Gasteiger charge is 2.47. The highest BCUT2D eigenvalue weighted by atomic mass is 16.5. The summed E-state index contributed by atoms with van der Waals surface area (Å²) in [5.74, 6) is 0.0950. The Morgan fingerprint density at radius 3 is 2.74 bits per heavy atom. The van der Waals surface area contributed by atoms with Crippen LogP contribution in [0.25, 0.3) is 0 Å². The van der Waals surface area contributed by atoms with Gasteiger partial charge in [-0.05, 0) is 32.4 Å². The van der Waals surface area contributed by atoms with Crippen LogP contribution in [0.5, 0.6) is 0 Å². The van der Waals surface area contributed by atoms with Gasteiger partial charge in [-0.25, -0.2) is 0 Å². The van der Waals surface area contributed by atoms with Crippen LogP contribution < -0.4 is 5.32 Å². The van der Waals surface area contributed by atoms with E-state index < -0.39 is 5.54 Å². The Kier molecular flexibility index (Phi) is 4.59. The monoisotopic (exact) mass is 261 g/mol. The molecule has 2 atom stereocenters. The molecule has 0 aliphatic heterocycles. The number of nitrogens with one attached hydrogen (secondary N) is 1. The van der Waals surface area contributed by atoms with Gasteiger partial charge >= 0.3 is 5.97 Å². The van der Waals surface area contributed by atoms with Crippen molar-refractivity contribution >= 4 is 5.97 Å². The predicted molar refractivity (Wildman–Crippen MR) is 76.1 cm³/mol. The normalized spacial score (nSPS) is 26.9. The molecular formula is C16H23NO2. The highest BCUT2D eigenvalue weighted by molar-refractivity contribution is 5.82. The molecular weight excluding hydrogens is 238 g/mol. The molecule has 3 heteroatoms. The van der Waals surface area contributed by atoms with Gasteiger partial charge in [-0.2, -0.15) is 0 Å². The summed E-state index contributed by atoms with van der Waals surface area (Å²) in [6.45, 7) is 2.30. The summed E-state index contributed by atoms with van der Waals surface area (Å²) in [7, 11) is 1.87. The van der Waals surface area contributed by atoms with E-state index in [9.17, 15) is 4.79 Å². The number of likely N-dealkylation sites (N-methyl/N-ethyl adjacent to an activating group) is 1. The summed E-state index contributed by atoms with van der Waals surface area (Å²) in [5.41, 5.74) is 0.667. The molecule has 1 aliphatic carbocycles. The lowest BCUT2D eigenvalue weighted by Crippen LogP contribution is -2.57. The lowest BCUT2D eigenvalue weighted by molar-refractivity contribution is -0.153. The van der Waals surface area contributed by atoms with Gasteiger partial charge in [0.25, 0.3) is 0 Å². The van der Waals surface area contributed by atoms with E-state index in [0.717, 1.165) is 19.3 Å². The van der Waals surface area contributed by atoms with Gasteiger partial charge in [0, 0.05) is 5.92 Å². The topological polar surface area (TPSA) is 38.3 Å². The fraction of sp³-hybridized carbons (Fsp3) is 0.562. The van der Waals surface area contributed by atoms with Crippen molar-refractivity contribution in [3.05, 3.63) is 35.9 Å². The zero-order valence-corrected chi connectivity index (χ0v) is 11.8. The quantitative estimate of drug-likeness (QED) is 0.847. The Bertz CT molecular complexity index is 418. The molecule has 0 saturated heterocycles. The number of carbonyl (C=O) groups is 1. The van der Waals surface area contributed by atoms with Crippen LogP contribution in [-0.2, 0) is 9.53 Å².